The highest BCUT2D eigenvalue weighted by Crippen LogP contribution is 2.26. The number of carbonyl (C=O) groups excluding carboxylic acids is 2. The maximum Gasteiger partial charge on any atom is 0.287 e. The normalized spacial score (nSPS) is 16.6. The molecule has 0 radical (unpaired) electrons. The van der Waals surface area contributed by atoms with Crippen LogP contribution >= 0.6 is 0 Å². The number of nitrogens with one attached hydrogen (secondary N) is 1. The fourth-order valence-corrected chi connectivity index (χ4v) is 6.51. The summed E-state index contributed by atoms with van der Waals surface area (Å²) in [5.41, 5.74) is 4.21. The first-order valence-electron chi connectivity index (χ1n) is 15.8. The van der Waals surface area contributed by atoms with E-state index in [9.17, 15) is 14.0 Å². The van der Waals surface area contributed by atoms with Gasteiger partial charge < -0.3 is 9.73 Å². The van der Waals surface area contributed by atoms with Crippen LogP contribution in [0, 0.1) is 29.6 Å². The van der Waals surface area contributed by atoms with Gasteiger partial charge in [-0.3, -0.25) is 19.4 Å². The van der Waals surface area contributed by atoms with Crippen molar-refractivity contribution in [3.05, 3.63) is 112 Å². The molecule has 1 aromatic heterocycles. The molecule has 1 N–H and O–H groups in total. The molecule has 2 fully saturated rings. The lowest BCUT2D eigenvalue weighted by Gasteiger charge is -2.32. The van der Waals surface area contributed by atoms with Crippen LogP contribution in [0.2, 0.25) is 0 Å². The van der Waals surface area contributed by atoms with E-state index in [-0.39, 0.29) is 35.1 Å². The minimum Gasteiger partial charge on any atom is -0.451 e. The molecule has 1 amide bonds. The summed E-state index contributed by atoms with van der Waals surface area (Å²) in [4.78, 5) is 34.0. The summed E-state index contributed by atoms with van der Waals surface area (Å²) in [6.45, 7) is 11.7. The molecular formula is C37H36FN5O3. The number of benzene rings is 3. The van der Waals surface area contributed by atoms with E-state index in [1.807, 2.05) is 42.5 Å². The van der Waals surface area contributed by atoms with Gasteiger partial charge in [-0.15, -0.1) is 0 Å². The van der Waals surface area contributed by atoms with Crippen LogP contribution in [0.5, 0.6) is 0 Å². The molecule has 6 rings (SSSR count). The van der Waals surface area contributed by atoms with E-state index < -0.39 is 5.82 Å². The Morgan fingerprint density at radius 1 is 0.891 bits per heavy atom. The summed E-state index contributed by atoms with van der Waals surface area (Å²) in [6.07, 6.45) is 3.55. The van der Waals surface area contributed by atoms with Crippen LogP contribution in [0.1, 0.15) is 58.5 Å². The Morgan fingerprint density at radius 2 is 1.54 bits per heavy atom. The van der Waals surface area contributed by atoms with Crippen molar-refractivity contribution in [3.8, 4) is 6.07 Å². The Balaban J connectivity index is 0.966. The number of hydrogen-bond donors (Lipinski definition) is 1. The molecule has 8 nitrogen and oxygen atoms in total. The molecule has 2 saturated heterocycles. The van der Waals surface area contributed by atoms with E-state index in [0.29, 0.717) is 24.1 Å². The molecule has 2 aliphatic rings. The topological polar surface area (TPSA) is 93.9 Å². The first kappa shape index (κ1) is 31.2. The lowest BCUT2D eigenvalue weighted by molar-refractivity contribution is -0.123. The van der Waals surface area contributed by atoms with Gasteiger partial charge in [0.1, 0.15) is 17.2 Å². The fourth-order valence-electron chi connectivity index (χ4n) is 6.51. The zero-order valence-electron chi connectivity index (χ0n) is 25.7. The second-order valence-corrected chi connectivity index (χ2v) is 12.4. The van der Waals surface area contributed by atoms with Gasteiger partial charge in [-0.2, -0.15) is 5.26 Å². The van der Waals surface area contributed by atoms with Crippen molar-refractivity contribution in [2.45, 2.75) is 51.2 Å². The summed E-state index contributed by atoms with van der Waals surface area (Å²) < 4.78 is 19.9. The van der Waals surface area contributed by atoms with Crippen LogP contribution in [0.4, 0.5) is 10.1 Å². The average molecular weight is 618 g/mol. The number of furan rings is 1. The predicted molar refractivity (Wildman–Crippen MR) is 173 cm³/mol. The standard InChI is InChI=1S/C37H36FN5O3/c1-40-33-8-6-28(19-32(33)38)24-42-14-10-29(11-15-42)34(44)20-27-7-9-35-30(18-27)21-36(46-35)37(45)41-31-12-16-43(17-13-31)23-26-4-2-25(22-39)3-5-26/h2-9,18-19,21,29,31H,10-17,20,23-24H2,(H,41,45). The summed E-state index contributed by atoms with van der Waals surface area (Å²) in [5.74, 6) is -0.257. The van der Waals surface area contributed by atoms with Crippen LogP contribution in [0.15, 0.2) is 71.1 Å². The van der Waals surface area contributed by atoms with Crippen molar-refractivity contribution in [1.29, 1.82) is 5.26 Å². The van der Waals surface area contributed by atoms with Gasteiger partial charge in [0.05, 0.1) is 18.2 Å². The third-order valence-corrected chi connectivity index (χ3v) is 9.18. The highest BCUT2D eigenvalue weighted by atomic mass is 19.1. The molecular weight excluding hydrogens is 581 g/mol. The van der Waals surface area contributed by atoms with Crippen molar-refractivity contribution in [2.75, 3.05) is 26.2 Å². The lowest BCUT2D eigenvalue weighted by atomic mass is 9.89. The molecule has 234 valence electrons. The minimum atomic E-state index is -0.492. The third-order valence-electron chi connectivity index (χ3n) is 9.18. The molecule has 0 saturated carbocycles. The molecule has 0 unspecified atom stereocenters. The van der Waals surface area contributed by atoms with Crippen molar-refractivity contribution in [3.63, 3.8) is 0 Å². The van der Waals surface area contributed by atoms with Crippen LogP contribution in [0.25, 0.3) is 15.8 Å². The van der Waals surface area contributed by atoms with E-state index in [0.717, 1.165) is 74.9 Å². The molecule has 0 atom stereocenters. The Labute approximate surface area is 268 Å². The highest BCUT2D eigenvalue weighted by molar-refractivity contribution is 5.96. The molecule has 46 heavy (non-hydrogen) atoms. The van der Waals surface area contributed by atoms with Crippen LogP contribution in [0.3, 0.4) is 0 Å². The Kier molecular flexibility index (Phi) is 9.54. The number of piperidine rings is 2. The van der Waals surface area contributed by atoms with E-state index in [1.54, 1.807) is 12.1 Å². The molecule has 0 aliphatic carbocycles. The SMILES string of the molecule is [C-]#[N+]c1ccc(CN2CCC(C(=O)Cc3ccc4oc(C(=O)NC5CCN(Cc6ccc(C#N)cc6)CC5)cc4c3)CC2)cc1F. The number of halogens is 1. The number of rotatable bonds is 9. The number of nitriles is 1. The van der Waals surface area contributed by atoms with Crippen molar-refractivity contribution < 1.29 is 18.4 Å². The molecule has 4 aromatic rings. The zero-order valence-corrected chi connectivity index (χ0v) is 25.7. The molecule has 0 bridgehead atoms. The number of hydrogen-bond acceptors (Lipinski definition) is 6. The van der Waals surface area contributed by atoms with Crippen LogP contribution in [-0.4, -0.2) is 53.7 Å². The lowest BCUT2D eigenvalue weighted by Crippen LogP contribution is -2.44. The maximum absolute atomic E-state index is 14.0. The number of carbonyl (C=O) groups is 2. The van der Waals surface area contributed by atoms with Crippen molar-refractivity contribution in [2.24, 2.45) is 5.92 Å². The number of nitrogens with zero attached hydrogens (tertiary/aromatic N) is 4. The fraction of sp³-hybridized carbons (Fsp3) is 0.351. The molecule has 9 heteroatoms. The monoisotopic (exact) mass is 617 g/mol. The summed E-state index contributed by atoms with van der Waals surface area (Å²) in [6, 6.07) is 22.0. The van der Waals surface area contributed by atoms with Crippen LogP contribution in [-0.2, 0) is 24.3 Å². The van der Waals surface area contributed by atoms with E-state index >= 15 is 0 Å². The van der Waals surface area contributed by atoms with Gasteiger partial charge in [-0.05, 0) is 91.9 Å². The number of amides is 1. The molecule has 0 spiro atoms. The van der Waals surface area contributed by atoms with E-state index in [4.69, 9.17) is 16.3 Å². The van der Waals surface area contributed by atoms with Gasteiger partial charge in [-0.1, -0.05) is 30.3 Å². The first-order chi connectivity index (χ1) is 22.4. The maximum atomic E-state index is 14.0. The summed E-state index contributed by atoms with van der Waals surface area (Å²) >= 11 is 0. The van der Waals surface area contributed by atoms with E-state index in [2.05, 4.69) is 26.0 Å². The number of likely N-dealkylation sites (tertiary alicyclic amines) is 2. The number of ketones is 1. The van der Waals surface area contributed by atoms with Gasteiger partial charge in [0.25, 0.3) is 5.91 Å². The van der Waals surface area contributed by atoms with Gasteiger partial charge in [0.2, 0.25) is 5.69 Å². The molecule has 3 heterocycles. The summed E-state index contributed by atoms with van der Waals surface area (Å²) in [7, 11) is 0. The second kappa shape index (κ2) is 14.1. The summed E-state index contributed by atoms with van der Waals surface area (Å²) in [5, 5.41) is 12.9. The molecule has 3 aromatic carbocycles. The van der Waals surface area contributed by atoms with Gasteiger partial charge in [0, 0.05) is 49.9 Å². The predicted octanol–water partition coefficient (Wildman–Crippen LogP) is 6.41. The Morgan fingerprint density at radius 3 is 2.22 bits per heavy atom. The van der Waals surface area contributed by atoms with Gasteiger partial charge in [-0.25, -0.2) is 9.24 Å². The first-order valence-corrected chi connectivity index (χ1v) is 15.8. The number of fused-ring (bicyclic) bond motifs is 1. The van der Waals surface area contributed by atoms with Gasteiger partial charge in [0.15, 0.2) is 5.76 Å². The third kappa shape index (κ3) is 7.51. The van der Waals surface area contributed by atoms with Gasteiger partial charge >= 0.3 is 0 Å². The zero-order chi connectivity index (χ0) is 32.0. The Bertz CT molecular complexity index is 1800. The van der Waals surface area contributed by atoms with Crippen LogP contribution < -0.4 is 5.32 Å². The minimum absolute atomic E-state index is 0.0191. The highest BCUT2D eigenvalue weighted by Gasteiger charge is 2.26. The largest absolute Gasteiger partial charge is 0.451 e. The Hall–Kier alpha value is -4.83. The van der Waals surface area contributed by atoms with E-state index in [1.165, 1.54) is 17.7 Å². The van der Waals surface area contributed by atoms with Crippen molar-refractivity contribution in [1.82, 2.24) is 15.1 Å². The quantitative estimate of drug-likeness (QED) is 0.218. The second-order valence-electron chi connectivity index (χ2n) is 12.4. The average Bonchev–Trinajstić information content (AvgIpc) is 3.50. The molecule has 2 aliphatic heterocycles. The smallest absolute Gasteiger partial charge is 0.287 e. The number of Topliss-reactive ketones (excluding diaryl/α,β-unsaturated/α-hetero) is 1. The van der Waals surface area contributed by atoms with Crippen molar-refractivity contribution >= 4 is 28.3 Å².